The van der Waals surface area contributed by atoms with Gasteiger partial charge in [-0.05, 0) is 37.5 Å². The van der Waals surface area contributed by atoms with Crippen molar-refractivity contribution in [2.75, 3.05) is 40.0 Å². The van der Waals surface area contributed by atoms with E-state index in [-0.39, 0.29) is 35.9 Å². The first kappa shape index (κ1) is 22.6. The minimum absolute atomic E-state index is 0. The van der Waals surface area contributed by atoms with Gasteiger partial charge in [0.05, 0.1) is 25.7 Å². The van der Waals surface area contributed by atoms with Crippen LogP contribution < -0.4 is 14.8 Å². The number of piperidine rings is 1. The monoisotopic (exact) mass is 503 g/mol. The van der Waals surface area contributed by atoms with Crippen molar-refractivity contribution in [3.8, 4) is 11.5 Å². The Morgan fingerprint density at radius 1 is 1.29 bits per heavy atom. The van der Waals surface area contributed by atoms with Gasteiger partial charge < -0.3 is 24.4 Å². The van der Waals surface area contributed by atoms with Gasteiger partial charge in [-0.3, -0.25) is 9.79 Å². The Morgan fingerprint density at radius 3 is 2.82 bits per heavy atom. The van der Waals surface area contributed by atoms with Crippen molar-refractivity contribution in [2.24, 2.45) is 10.9 Å². The third kappa shape index (κ3) is 5.89. The lowest BCUT2D eigenvalue weighted by Crippen LogP contribution is -2.48. The summed E-state index contributed by atoms with van der Waals surface area (Å²) in [7, 11) is 1.77. The Balaban J connectivity index is 0.00000280. The predicted octanol–water partition coefficient (Wildman–Crippen LogP) is 2.82. The molecule has 0 radical (unpaired) electrons. The van der Waals surface area contributed by atoms with Crippen molar-refractivity contribution in [3.63, 3.8) is 0 Å². The summed E-state index contributed by atoms with van der Waals surface area (Å²) in [6.07, 6.45) is 2.72. The van der Waals surface area contributed by atoms with Crippen LogP contribution in [0.4, 0.5) is 0 Å². The number of carbonyl (C=O) groups is 1. The Hall–Kier alpha value is -1.71. The van der Waals surface area contributed by atoms with Crippen molar-refractivity contribution >= 4 is 35.9 Å². The zero-order valence-corrected chi connectivity index (χ0v) is 18.9. The number of halogens is 1. The molecule has 7 nitrogen and oxygen atoms in total. The van der Waals surface area contributed by atoms with E-state index in [1.807, 2.05) is 25.1 Å². The number of fused-ring (bicyclic) bond motifs is 1. The fraction of sp³-hybridized carbons (Fsp3) is 0.600. The van der Waals surface area contributed by atoms with Crippen molar-refractivity contribution in [1.82, 2.24) is 10.2 Å². The number of rotatable bonds is 4. The van der Waals surface area contributed by atoms with E-state index in [0.717, 1.165) is 48.8 Å². The van der Waals surface area contributed by atoms with Gasteiger partial charge in [-0.25, -0.2) is 0 Å². The number of hydrogen-bond donors (Lipinski definition) is 1. The summed E-state index contributed by atoms with van der Waals surface area (Å²) in [5.41, 5.74) is 1.10. The van der Waals surface area contributed by atoms with Crippen LogP contribution in [0.5, 0.6) is 11.5 Å². The minimum Gasteiger partial charge on any atom is -0.490 e. The third-order valence-corrected chi connectivity index (χ3v) is 4.82. The highest BCUT2D eigenvalue weighted by Crippen LogP contribution is 2.30. The molecular weight excluding hydrogens is 473 g/mol. The van der Waals surface area contributed by atoms with Gasteiger partial charge in [0.15, 0.2) is 17.5 Å². The standard InChI is InChI=1S/C20H29N3O4.HI/c1-3-25-19(24)16-6-4-9-23(14-16)20(21-2)22-13-15-7-8-17-18(12-15)27-11-5-10-26-17;/h7-8,12,16H,3-6,9-11,13-14H2,1-2H3,(H,21,22);1H. The summed E-state index contributed by atoms with van der Waals surface area (Å²) in [5.74, 6) is 2.20. The molecule has 0 aromatic heterocycles. The summed E-state index contributed by atoms with van der Waals surface area (Å²) in [4.78, 5) is 18.6. The number of aliphatic imine (C=N–C) groups is 1. The molecule has 156 valence electrons. The topological polar surface area (TPSA) is 72.4 Å². The Bertz CT molecular complexity index is 683. The van der Waals surface area contributed by atoms with E-state index in [9.17, 15) is 4.79 Å². The van der Waals surface area contributed by atoms with Gasteiger partial charge in [-0.1, -0.05) is 6.07 Å². The van der Waals surface area contributed by atoms with Crippen molar-refractivity contribution in [2.45, 2.75) is 32.7 Å². The number of ether oxygens (including phenoxy) is 3. The number of benzene rings is 1. The summed E-state index contributed by atoms with van der Waals surface area (Å²) < 4.78 is 16.6. The maximum atomic E-state index is 12.1. The predicted molar refractivity (Wildman–Crippen MR) is 119 cm³/mol. The average Bonchev–Trinajstić information content (AvgIpc) is 2.94. The van der Waals surface area contributed by atoms with Gasteiger partial charge in [0.25, 0.3) is 0 Å². The Kier molecular flexibility index (Phi) is 9.14. The molecule has 1 saturated heterocycles. The van der Waals surface area contributed by atoms with E-state index in [2.05, 4.69) is 15.2 Å². The largest absolute Gasteiger partial charge is 0.490 e. The highest BCUT2D eigenvalue weighted by molar-refractivity contribution is 14.0. The molecule has 1 aromatic rings. The minimum atomic E-state index is -0.111. The summed E-state index contributed by atoms with van der Waals surface area (Å²) in [5, 5.41) is 3.40. The Labute approximate surface area is 183 Å². The van der Waals surface area contributed by atoms with Crippen LogP contribution in [-0.4, -0.2) is 56.8 Å². The summed E-state index contributed by atoms with van der Waals surface area (Å²) in [6.45, 7) is 5.78. The number of nitrogens with zero attached hydrogens (tertiary/aromatic N) is 2. The molecule has 28 heavy (non-hydrogen) atoms. The highest BCUT2D eigenvalue weighted by atomic mass is 127. The van der Waals surface area contributed by atoms with Crippen LogP contribution in [0.25, 0.3) is 0 Å². The van der Waals surface area contributed by atoms with E-state index in [4.69, 9.17) is 14.2 Å². The first-order valence-corrected chi connectivity index (χ1v) is 9.72. The SMILES string of the molecule is CCOC(=O)C1CCCN(C(=NC)NCc2ccc3c(c2)OCCCO3)C1.I. The molecule has 1 unspecified atom stereocenters. The quantitative estimate of drug-likeness (QED) is 0.295. The number of carbonyl (C=O) groups excluding carboxylic acids is 1. The fourth-order valence-electron chi connectivity index (χ4n) is 3.45. The number of nitrogens with one attached hydrogen (secondary N) is 1. The molecule has 0 aliphatic carbocycles. The van der Waals surface area contributed by atoms with Crippen LogP contribution in [0.2, 0.25) is 0 Å². The molecule has 0 saturated carbocycles. The average molecular weight is 503 g/mol. The Morgan fingerprint density at radius 2 is 2.07 bits per heavy atom. The van der Waals surface area contributed by atoms with Crippen molar-refractivity contribution in [3.05, 3.63) is 23.8 Å². The van der Waals surface area contributed by atoms with Gasteiger partial charge in [-0.15, -0.1) is 24.0 Å². The number of hydrogen-bond acceptors (Lipinski definition) is 5. The molecule has 0 spiro atoms. The first-order valence-electron chi connectivity index (χ1n) is 9.72. The van der Waals surface area contributed by atoms with Crippen LogP contribution in [0.1, 0.15) is 31.7 Å². The lowest BCUT2D eigenvalue weighted by molar-refractivity contribution is -0.149. The second-order valence-corrected chi connectivity index (χ2v) is 6.77. The van der Waals surface area contributed by atoms with Gasteiger partial charge >= 0.3 is 5.97 Å². The fourth-order valence-corrected chi connectivity index (χ4v) is 3.45. The summed E-state index contributed by atoms with van der Waals surface area (Å²) >= 11 is 0. The van der Waals surface area contributed by atoms with Crippen LogP contribution >= 0.6 is 24.0 Å². The normalized spacial score (nSPS) is 19.3. The van der Waals surface area contributed by atoms with E-state index >= 15 is 0 Å². The smallest absolute Gasteiger partial charge is 0.310 e. The van der Waals surface area contributed by atoms with E-state index in [1.165, 1.54) is 0 Å². The number of likely N-dealkylation sites (tertiary alicyclic amines) is 1. The van der Waals surface area contributed by atoms with Gasteiger partial charge in [0, 0.05) is 33.1 Å². The maximum Gasteiger partial charge on any atom is 0.310 e. The van der Waals surface area contributed by atoms with Crippen LogP contribution in [0, 0.1) is 5.92 Å². The van der Waals surface area contributed by atoms with E-state index < -0.39 is 0 Å². The van der Waals surface area contributed by atoms with Crippen molar-refractivity contribution < 1.29 is 19.0 Å². The molecule has 0 amide bonds. The van der Waals surface area contributed by atoms with E-state index in [1.54, 1.807) is 7.05 Å². The van der Waals surface area contributed by atoms with Crippen LogP contribution in [-0.2, 0) is 16.1 Å². The van der Waals surface area contributed by atoms with Gasteiger partial charge in [0.2, 0.25) is 0 Å². The first-order chi connectivity index (χ1) is 13.2. The number of guanidine groups is 1. The molecule has 1 fully saturated rings. The third-order valence-electron chi connectivity index (χ3n) is 4.82. The lowest BCUT2D eigenvalue weighted by Gasteiger charge is -2.34. The summed E-state index contributed by atoms with van der Waals surface area (Å²) in [6, 6.07) is 6.00. The lowest BCUT2D eigenvalue weighted by atomic mass is 9.98. The van der Waals surface area contributed by atoms with E-state index in [0.29, 0.717) is 32.9 Å². The van der Waals surface area contributed by atoms with Crippen molar-refractivity contribution in [1.29, 1.82) is 0 Å². The zero-order chi connectivity index (χ0) is 19.1. The van der Waals surface area contributed by atoms with Crippen LogP contribution in [0.15, 0.2) is 23.2 Å². The molecule has 2 aliphatic heterocycles. The van der Waals surface area contributed by atoms with Crippen LogP contribution in [0.3, 0.4) is 0 Å². The molecule has 1 aromatic carbocycles. The second kappa shape index (κ2) is 11.3. The molecule has 2 aliphatic rings. The molecule has 0 bridgehead atoms. The molecule has 1 N–H and O–H groups in total. The molecule has 2 heterocycles. The maximum absolute atomic E-state index is 12.1. The zero-order valence-electron chi connectivity index (χ0n) is 16.6. The van der Waals surface area contributed by atoms with Gasteiger partial charge in [0.1, 0.15) is 0 Å². The molecule has 8 heteroatoms. The second-order valence-electron chi connectivity index (χ2n) is 6.77. The van der Waals surface area contributed by atoms with Gasteiger partial charge in [-0.2, -0.15) is 0 Å². The highest BCUT2D eigenvalue weighted by Gasteiger charge is 2.28. The molecule has 1 atom stereocenters. The molecule has 3 rings (SSSR count). The number of esters is 1. The molecular formula is C20H30IN3O4.